The summed E-state index contributed by atoms with van der Waals surface area (Å²) in [6, 6.07) is -0.546. The van der Waals surface area contributed by atoms with Gasteiger partial charge in [-0.25, -0.2) is 4.79 Å². The third-order valence-electron chi connectivity index (χ3n) is 3.86. The quantitative estimate of drug-likeness (QED) is 0.793. The molecule has 1 heterocycles. The van der Waals surface area contributed by atoms with Crippen molar-refractivity contribution in [3.63, 3.8) is 0 Å². The molecule has 0 radical (unpaired) electrons. The van der Waals surface area contributed by atoms with Crippen molar-refractivity contribution in [3.05, 3.63) is 0 Å². The van der Waals surface area contributed by atoms with Crippen LogP contribution in [-0.2, 0) is 14.3 Å². The van der Waals surface area contributed by atoms with Gasteiger partial charge in [-0.1, -0.05) is 34.6 Å². The van der Waals surface area contributed by atoms with Gasteiger partial charge in [-0.2, -0.15) is 0 Å². The van der Waals surface area contributed by atoms with Crippen LogP contribution < -0.4 is 11.1 Å². The van der Waals surface area contributed by atoms with Crippen molar-refractivity contribution in [1.29, 1.82) is 0 Å². The number of carbonyl (C=O) groups is 3. The Hall–Kier alpha value is -1.79. The Morgan fingerprint density at radius 1 is 1.08 bits per heavy atom. The molecule has 2 fully saturated rings. The lowest BCUT2D eigenvalue weighted by Crippen LogP contribution is -2.47. The van der Waals surface area contributed by atoms with E-state index in [-0.39, 0.29) is 18.6 Å². The number of hydrogen-bond acceptors (Lipinski definition) is 4. The molecular formula is C19H37N3O4. The smallest absolute Gasteiger partial charge is 0.407 e. The summed E-state index contributed by atoms with van der Waals surface area (Å²) in [5.41, 5.74) is 5.25. The molecule has 1 aliphatic heterocycles. The molecule has 0 aromatic heterocycles. The number of ether oxygens (including phenoxy) is 1. The van der Waals surface area contributed by atoms with Crippen molar-refractivity contribution in [3.8, 4) is 0 Å². The van der Waals surface area contributed by atoms with Gasteiger partial charge in [-0.3, -0.25) is 9.59 Å². The second-order valence-corrected chi connectivity index (χ2v) is 7.04. The number of rotatable bonds is 4. The Bertz CT molecular complexity index is 432. The summed E-state index contributed by atoms with van der Waals surface area (Å²) in [6.45, 7) is 10.8. The van der Waals surface area contributed by atoms with Crippen LogP contribution in [0, 0.1) is 5.92 Å². The fraction of sp³-hybridized carbons (Fsp3) is 0.842. The van der Waals surface area contributed by atoms with Gasteiger partial charge in [-0.15, -0.1) is 0 Å². The monoisotopic (exact) mass is 371 g/mol. The number of nitrogens with two attached hydrogens (primary N) is 1. The summed E-state index contributed by atoms with van der Waals surface area (Å²) < 4.78 is 5.19. The van der Waals surface area contributed by atoms with Gasteiger partial charge < -0.3 is 20.7 Å². The Kier molecular flexibility index (Phi) is 12.5. The van der Waals surface area contributed by atoms with E-state index in [9.17, 15) is 14.4 Å². The molecule has 0 aromatic carbocycles. The van der Waals surface area contributed by atoms with E-state index in [4.69, 9.17) is 10.5 Å². The van der Waals surface area contributed by atoms with Gasteiger partial charge in [0, 0.05) is 6.54 Å². The zero-order valence-electron chi connectivity index (χ0n) is 17.0. The average molecular weight is 372 g/mol. The highest BCUT2D eigenvalue weighted by molar-refractivity contribution is 5.89. The number of nitrogens with zero attached hydrogens (tertiary/aromatic N) is 1. The van der Waals surface area contributed by atoms with E-state index in [2.05, 4.69) is 26.1 Å². The Morgan fingerprint density at radius 3 is 2.12 bits per heavy atom. The molecule has 7 heteroatoms. The Balaban J connectivity index is 0.000000920. The van der Waals surface area contributed by atoms with E-state index in [0.717, 1.165) is 38.0 Å². The molecule has 0 aromatic rings. The highest BCUT2D eigenvalue weighted by atomic mass is 16.6. The minimum Gasteiger partial charge on any atom is -0.446 e. The molecule has 152 valence electrons. The molecule has 1 atom stereocenters. The van der Waals surface area contributed by atoms with E-state index >= 15 is 0 Å². The molecule has 0 bridgehead atoms. The third kappa shape index (κ3) is 9.63. The number of hydrogen-bond donors (Lipinski definition) is 2. The number of alkyl carbamates (subject to hydrolysis) is 1. The second kappa shape index (κ2) is 13.4. The Labute approximate surface area is 158 Å². The fourth-order valence-electron chi connectivity index (χ4n) is 2.81. The zero-order chi connectivity index (χ0) is 20.1. The fourth-order valence-corrected chi connectivity index (χ4v) is 2.81. The number of carbonyl (C=O) groups excluding carboxylic acids is 3. The van der Waals surface area contributed by atoms with Crippen LogP contribution in [0.3, 0.4) is 0 Å². The molecule has 3 amide bonds. The highest BCUT2D eigenvalue weighted by Gasteiger charge is 2.32. The van der Waals surface area contributed by atoms with Crippen LogP contribution in [0.25, 0.3) is 0 Å². The lowest BCUT2D eigenvalue weighted by atomic mass is 10.2. The van der Waals surface area contributed by atoms with Crippen molar-refractivity contribution < 1.29 is 19.1 Å². The summed E-state index contributed by atoms with van der Waals surface area (Å²) in [4.78, 5) is 36.1. The molecule has 0 spiro atoms. The summed E-state index contributed by atoms with van der Waals surface area (Å²) in [6.07, 6.45) is 4.67. The van der Waals surface area contributed by atoms with E-state index in [0.29, 0.717) is 13.0 Å². The van der Waals surface area contributed by atoms with Crippen molar-refractivity contribution in [2.45, 2.75) is 85.3 Å². The first-order valence-corrected chi connectivity index (χ1v) is 9.84. The first-order valence-electron chi connectivity index (χ1n) is 9.84. The lowest BCUT2D eigenvalue weighted by Gasteiger charge is -2.22. The van der Waals surface area contributed by atoms with Crippen molar-refractivity contribution in [2.75, 3.05) is 13.1 Å². The summed E-state index contributed by atoms with van der Waals surface area (Å²) in [7, 11) is 0. The van der Waals surface area contributed by atoms with Crippen LogP contribution in [0.4, 0.5) is 4.79 Å². The normalized spacial score (nSPS) is 19.2. The lowest BCUT2D eigenvalue weighted by molar-refractivity contribution is -0.136. The molecule has 26 heavy (non-hydrogen) atoms. The Morgan fingerprint density at radius 2 is 1.62 bits per heavy atom. The summed E-state index contributed by atoms with van der Waals surface area (Å²) in [5.74, 6) is 0.0408. The van der Waals surface area contributed by atoms with Gasteiger partial charge >= 0.3 is 6.09 Å². The molecule has 0 unspecified atom stereocenters. The van der Waals surface area contributed by atoms with Crippen molar-refractivity contribution in [2.24, 2.45) is 11.7 Å². The number of nitrogens with one attached hydrogen (secondary N) is 1. The van der Waals surface area contributed by atoms with Gasteiger partial charge in [0.25, 0.3) is 0 Å². The molecule has 2 rings (SSSR count). The van der Waals surface area contributed by atoms with E-state index in [1.165, 1.54) is 4.90 Å². The minimum atomic E-state index is -0.569. The zero-order valence-corrected chi connectivity index (χ0v) is 17.0. The maximum absolute atomic E-state index is 11.9. The first-order chi connectivity index (χ1) is 12.3. The van der Waals surface area contributed by atoms with Crippen LogP contribution in [0.2, 0.25) is 0 Å². The van der Waals surface area contributed by atoms with Gasteiger partial charge in [-0.05, 0) is 44.4 Å². The SMILES string of the molecule is CC.CC(C)C.NC(=O)[C@@H]1CCCN1C(=O)CNC(=O)OC1CCCC1. The van der Waals surface area contributed by atoms with E-state index in [1.807, 2.05) is 13.8 Å². The molecule has 1 aliphatic carbocycles. The standard InChI is InChI=1S/C13H21N3O4.C4H10.C2H6/c14-12(18)10-6-3-7-16(10)11(17)8-15-13(19)20-9-4-1-2-5-9;1-4(2)3;1-2/h9-10H,1-8H2,(H2,14,18)(H,15,19);4H,1-3H3;1-2H3/t10-;;/m0../s1. The van der Waals surface area contributed by atoms with Gasteiger partial charge in [0.2, 0.25) is 11.8 Å². The first kappa shape index (κ1) is 24.2. The maximum atomic E-state index is 11.9. The number of likely N-dealkylation sites (tertiary alicyclic amines) is 1. The van der Waals surface area contributed by atoms with Crippen LogP contribution in [0.15, 0.2) is 0 Å². The van der Waals surface area contributed by atoms with Gasteiger partial charge in [0.1, 0.15) is 18.7 Å². The molecule has 7 nitrogen and oxygen atoms in total. The predicted molar refractivity (Wildman–Crippen MR) is 103 cm³/mol. The van der Waals surface area contributed by atoms with E-state index in [1.54, 1.807) is 0 Å². The maximum Gasteiger partial charge on any atom is 0.407 e. The second-order valence-electron chi connectivity index (χ2n) is 7.04. The summed E-state index contributed by atoms with van der Waals surface area (Å²) >= 11 is 0. The van der Waals surface area contributed by atoms with Gasteiger partial charge in [0.05, 0.1) is 0 Å². The van der Waals surface area contributed by atoms with Crippen LogP contribution in [0.1, 0.15) is 73.1 Å². The average Bonchev–Trinajstić information content (AvgIpc) is 3.25. The third-order valence-corrected chi connectivity index (χ3v) is 3.86. The molecule has 3 N–H and O–H groups in total. The predicted octanol–water partition coefficient (Wildman–Crippen LogP) is 2.82. The van der Waals surface area contributed by atoms with E-state index < -0.39 is 18.0 Å². The highest BCUT2D eigenvalue weighted by Crippen LogP contribution is 2.21. The molecular weight excluding hydrogens is 334 g/mol. The topological polar surface area (TPSA) is 102 Å². The van der Waals surface area contributed by atoms with Crippen LogP contribution in [0.5, 0.6) is 0 Å². The molecule has 1 saturated heterocycles. The number of primary amides is 1. The molecule has 1 saturated carbocycles. The number of amides is 3. The summed E-state index contributed by atoms with van der Waals surface area (Å²) in [5, 5.41) is 2.44. The van der Waals surface area contributed by atoms with Crippen LogP contribution >= 0.6 is 0 Å². The largest absolute Gasteiger partial charge is 0.446 e. The van der Waals surface area contributed by atoms with Crippen molar-refractivity contribution in [1.82, 2.24) is 10.2 Å². The van der Waals surface area contributed by atoms with Gasteiger partial charge in [0.15, 0.2) is 0 Å². The molecule has 2 aliphatic rings. The van der Waals surface area contributed by atoms with Crippen LogP contribution in [-0.4, -0.2) is 48.0 Å². The minimum absolute atomic E-state index is 0.0322. The van der Waals surface area contributed by atoms with Crippen molar-refractivity contribution >= 4 is 17.9 Å².